The van der Waals surface area contributed by atoms with Crippen LogP contribution in [0.2, 0.25) is 0 Å². The Hall–Kier alpha value is -2.64. The third kappa shape index (κ3) is 5.86. The fourth-order valence-corrected chi connectivity index (χ4v) is 2.12. The van der Waals surface area contributed by atoms with Gasteiger partial charge in [0.15, 0.2) is 0 Å². The number of aliphatic hydroxyl groups is 1. The van der Waals surface area contributed by atoms with Gasteiger partial charge in [-0.1, -0.05) is 18.2 Å². The molecule has 0 aliphatic rings. The van der Waals surface area contributed by atoms with E-state index < -0.39 is 6.10 Å². The highest BCUT2D eigenvalue weighted by Crippen LogP contribution is 2.13. The van der Waals surface area contributed by atoms with Crippen LogP contribution in [0.1, 0.15) is 17.2 Å². The molecule has 1 atom stereocenters. The van der Waals surface area contributed by atoms with Gasteiger partial charge in [0.05, 0.1) is 12.5 Å². The number of benzene rings is 1. The molecule has 0 aliphatic carbocycles. The molecule has 7 nitrogen and oxygen atoms in total. The van der Waals surface area contributed by atoms with Gasteiger partial charge in [-0.25, -0.2) is 4.98 Å². The van der Waals surface area contributed by atoms with Gasteiger partial charge in [-0.05, 0) is 23.8 Å². The van der Waals surface area contributed by atoms with Crippen molar-refractivity contribution in [1.29, 1.82) is 0 Å². The van der Waals surface area contributed by atoms with Crippen molar-refractivity contribution in [3.05, 3.63) is 53.7 Å². The molecule has 7 heteroatoms. The molecule has 24 heavy (non-hydrogen) atoms. The van der Waals surface area contributed by atoms with Crippen LogP contribution in [0.5, 0.6) is 5.75 Å². The predicted molar refractivity (Wildman–Crippen MR) is 91.3 cm³/mol. The Morgan fingerprint density at radius 2 is 2.00 bits per heavy atom. The number of carbonyl (C=O) groups is 1. The number of ether oxygens (including phenoxy) is 1. The van der Waals surface area contributed by atoms with Crippen LogP contribution in [0.4, 0.5) is 5.82 Å². The second-order valence-electron chi connectivity index (χ2n) is 5.37. The van der Waals surface area contributed by atoms with Crippen LogP contribution in [0.25, 0.3) is 0 Å². The maximum Gasteiger partial charge on any atom is 0.221 e. The molecule has 0 fully saturated rings. The number of pyridine rings is 1. The van der Waals surface area contributed by atoms with E-state index in [1.54, 1.807) is 30.5 Å². The van der Waals surface area contributed by atoms with Crippen LogP contribution in [0.15, 0.2) is 42.6 Å². The molecule has 0 spiro atoms. The van der Waals surface area contributed by atoms with Gasteiger partial charge in [-0.3, -0.25) is 4.79 Å². The Labute approximate surface area is 140 Å². The summed E-state index contributed by atoms with van der Waals surface area (Å²) in [6, 6.07) is 10.6. The molecule has 1 aromatic carbocycles. The molecule has 0 bridgehead atoms. The first-order chi connectivity index (χ1) is 11.5. The first kappa shape index (κ1) is 17.7. The van der Waals surface area contributed by atoms with Crippen molar-refractivity contribution in [2.75, 3.05) is 25.4 Å². The summed E-state index contributed by atoms with van der Waals surface area (Å²) in [5, 5.41) is 13.1. The lowest BCUT2D eigenvalue weighted by Crippen LogP contribution is -2.26. The molecule has 1 unspecified atom stereocenters. The minimum Gasteiger partial charge on any atom is -0.492 e. The van der Waals surface area contributed by atoms with E-state index in [1.807, 2.05) is 12.1 Å². The molecule has 1 amide bonds. The fourth-order valence-electron chi connectivity index (χ4n) is 2.12. The summed E-state index contributed by atoms with van der Waals surface area (Å²) in [7, 11) is 0. The van der Waals surface area contributed by atoms with E-state index in [0.717, 1.165) is 5.56 Å². The van der Waals surface area contributed by atoms with Crippen molar-refractivity contribution in [3.8, 4) is 5.75 Å². The zero-order chi connectivity index (χ0) is 17.4. The second kappa shape index (κ2) is 8.85. The molecule has 0 radical (unpaired) electrons. The van der Waals surface area contributed by atoms with Crippen LogP contribution in [-0.2, 0) is 11.2 Å². The number of amides is 1. The summed E-state index contributed by atoms with van der Waals surface area (Å²) in [4.78, 5) is 14.8. The largest absolute Gasteiger partial charge is 0.492 e. The van der Waals surface area contributed by atoms with Crippen LogP contribution in [-0.4, -0.2) is 35.7 Å². The summed E-state index contributed by atoms with van der Waals surface area (Å²) < 4.78 is 5.58. The maximum atomic E-state index is 10.8. The predicted octanol–water partition coefficient (Wildman–Crippen LogP) is 0.394. The normalized spacial score (nSPS) is 11.9. The first-order valence-electron chi connectivity index (χ1n) is 7.65. The van der Waals surface area contributed by atoms with E-state index in [1.165, 1.54) is 0 Å². The Bertz CT molecular complexity index is 644. The highest BCUT2D eigenvalue weighted by molar-refractivity contribution is 5.76. The molecule has 2 aromatic rings. The summed E-state index contributed by atoms with van der Waals surface area (Å²) in [6.45, 7) is 1.44. The number of nitrogens with zero attached hydrogens (tertiary/aromatic N) is 1. The lowest BCUT2D eigenvalue weighted by atomic mass is 10.1. The zero-order valence-corrected chi connectivity index (χ0v) is 13.3. The Kier molecular flexibility index (Phi) is 6.53. The summed E-state index contributed by atoms with van der Waals surface area (Å²) in [5.41, 5.74) is 12.2. The van der Waals surface area contributed by atoms with Gasteiger partial charge >= 0.3 is 0 Å². The summed E-state index contributed by atoms with van der Waals surface area (Å²) in [5.74, 6) is 0.783. The smallest absolute Gasteiger partial charge is 0.221 e. The summed E-state index contributed by atoms with van der Waals surface area (Å²) in [6.07, 6.45) is 1.14. The molecule has 0 aliphatic heterocycles. The average Bonchev–Trinajstić information content (AvgIpc) is 2.56. The van der Waals surface area contributed by atoms with Crippen molar-refractivity contribution in [3.63, 3.8) is 0 Å². The van der Waals surface area contributed by atoms with Crippen LogP contribution in [0, 0.1) is 0 Å². The number of anilines is 1. The molecule has 128 valence electrons. The number of nitrogens with one attached hydrogen (secondary N) is 1. The van der Waals surface area contributed by atoms with E-state index in [9.17, 15) is 9.90 Å². The number of carbonyl (C=O) groups excluding carboxylic acids is 1. The van der Waals surface area contributed by atoms with Gasteiger partial charge in [-0.15, -0.1) is 0 Å². The number of rotatable bonds is 9. The van der Waals surface area contributed by atoms with Crippen molar-refractivity contribution in [2.24, 2.45) is 5.73 Å². The summed E-state index contributed by atoms with van der Waals surface area (Å²) >= 11 is 0. The third-order valence-corrected chi connectivity index (χ3v) is 3.38. The van der Waals surface area contributed by atoms with Crippen molar-refractivity contribution >= 4 is 11.7 Å². The van der Waals surface area contributed by atoms with Gasteiger partial charge in [0.1, 0.15) is 18.2 Å². The number of aliphatic hydroxyl groups excluding tert-OH is 1. The molecular weight excluding hydrogens is 308 g/mol. The van der Waals surface area contributed by atoms with Gasteiger partial charge in [0.25, 0.3) is 0 Å². The number of nitrogen functional groups attached to an aromatic ring is 1. The highest BCUT2D eigenvalue weighted by Gasteiger charge is 2.07. The third-order valence-electron chi connectivity index (χ3n) is 3.38. The average molecular weight is 330 g/mol. The van der Waals surface area contributed by atoms with E-state index in [0.29, 0.717) is 36.8 Å². The Morgan fingerprint density at radius 1 is 1.25 bits per heavy atom. The number of primary amides is 1. The van der Waals surface area contributed by atoms with E-state index in [-0.39, 0.29) is 12.3 Å². The van der Waals surface area contributed by atoms with E-state index >= 15 is 0 Å². The van der Waals surface area contributed by atoms with Crippen molar-refractivity contribution in [2.45, 2.75) is 12.5 Å². The molecule has 0 saturated carbocycles. The lowest BCUT2D eigenvalue weighted by Gasteiger charge is -2.12. The number of aromatic nitrogens is 1. The molecular formula is C17H22N4O3. The molecule has 6 N–H and O–H groups in total. The first-order valence-corrected chi connectivity index (χ1v) is 7.65. The van der Waals surface area contributed by atoms with Crippen LogP contribution in [0.3, 0.4) is 0 Å². The van der Waals surface area contributed by atoms with Gasteiger partial charge in [0, 0.05) is 24.8 Å². The standard InChI is InChI=1S/C17H22N4O3/c18-16-6-3-13(10-21-16)15(22)11-20-7-8-24-14-4-1-12(2-5-14)9-17(19)23/h1-6,10,15,20,22H,7-9,11H2,(H2,18,21)(H2,19,23). The van der Waals surface area contributed by atoms with Crippen molar-refractivity contribution < 1.29 is 14.6 Å². The minimum atomic E-state index is -0.647. The Morgan fingerprint density at radius 3 is 2.62 bits per heavy atom. The van der Waals surface area contributed by atoms with Crippen LogP contribution >= 0.6 is 0 Å². The highest BCUT2D eigenvalue weighted by atomic mass is 16.5. The quantitative estimate of drug-likeness (QED) is 0.493. The molecule has 1 heterocycles. The SMILES string of the molecule is NC(=O)Cc1ccc(OCCNCC(O)c2ccc(N)nc2)cc1. The van der Waals surface area contributed by atoms with Gasteiger partial charge in [0.2, 0.25) is 5.91 Å². The number of hydrogen-bond donors (Lipinski definition) is 4. The van der Waals surface area contributed by atoms with Gasteiger partial charge in [-0.2, -0.15) is 0 Å². The van der Waals surface area contributed by atoms with E-state index in [2.05, 4.69) is 10.3 Å². The minimum absolute atomic E-state index is 0.222. The van der Waals surface area contributed by atoms with E-state index in [4.69, 9.17) is 16.2 Å². The monoisotopic (exact) mass is 330 g/mol. The topological polar surface area (TPSA) is 123 Å². The second-order valence-corrected chi connectivity index (χ2v) is 5.37. The Balaban J connectivity index is 1.65. The number of hydrogen-bond acceptors (Lipinski definition) is 6. The van der Waals surface area contributed by atoms with Crippen molar-refractivity contribution in [1.82, 2.24) is 10.3 Å². The zero-order valence-electron chi connectivity index (χ0n) is 13.3. The molecule has 1 aromatic heterocycles. The van der Waals surface area contributed by atoms with Gasteiger partial charge < -0.3 is 26.6 Å². The number of nitrogens with two attached hydrogens (primary N) is 2. The molecule has 2 rings (SSSR count). The molecule has 0 saturated heterocycles. The maximum absolute atomic E-state index is 10.8. The fraction of sp³-hybridized carbons (Fsp3) is 0.294. The van der Waals surface area contributed by atoms with Crippen LogP contribution < -0.4 is 21.5 Å². The lowest BCUT2D eigenvalue weighted by molar-refractivity contribution is -0.117.